The molecule has 3 aromatic rings. The summed E-state index contributed by atoms with van der Waals surface area (Å²) in [6, 6.07) is 11.2. The highest BCUT2D eigenvalue weighted by molar-refractivity contribution is 5.44. The number of likely N-dealkylation sites (tertiary alicyclic amines) is 1. The van der Waals surface area contributed by atoms with Gasteiger partial charge in [-0.15, -0.1) is 0 Å². The fourth-order valence-electron chi connectivity index (χ4n) is 5.51. The largest absolute Gasteiger partial charge is 0.379 e. The fourth-order valence-corrected chi connectivity index (χ4v) is 5.51. The van der Waals surface area contributed by atoms with Gasteiger partial charge in [0.2, 0.25) is 0 Å². The van der Waals surface area contributed by atoms with Gasteiger partial charge in [0.25, 0.3) is 0 Å². The number of fused-ring (bicyclic) bond motifs is 1. The van der Waals surface area contributed by atoms with Crippen LogP contribution in [-0.4, -0.2) is 64.1 Å². The van der Waals surface area contributed by atoms with Gasteiger partial charge < -0.3 is 9.14 Å². The summed E-state index contributed by atoms with van der Waals surface area (Å²) in [6.07, 6.45) is 9.83. The molecule has 0 spiro atoms. The van der Waals surface area contributed by atoms with Crippen molar-refractivity contribution >= 4 is 5.65 Å². The zero-order chi connectivity index (χ0) is 21.9. The number of ether oxygens (including phenoxy) is 1. The lowest BCUT2D eigenvalue weighted by Crippen LogP contribution is -2.37. The number of morpholine rings is 1. The van der Waals surface area contributed by atoms with Crippen LogP contribution in [0.15, 0.2) is 42.7 Å². The lowest BCUT2D eigenvalue weighted by Gasteiger charge is -2.39. The topological polar surface area (TPSA) is 45.9 Å². The molecule has 0 aromatic carbocycles. The summed E-state index contributed by atoms with van der Waals surface area (Å²) in [6.45, 7) is 7.14. The Hall–Kier alpha value is -2.28. The van der Waals surface area contributed by atoms with Gasteiger partial charge in [-0.25, -0.2) is 4.98 Å². The van der Waals surface area contributed by atoms with E-state index in [-0.39, 0.29) is 0 Å². The third kappa shape index (κ3) is 4.32. The summed E-state index contributed by atoms with van der Waals surface area (Å²) >= 11 is 0. The van der Waals surface area contributed by atoms with Crippen molar-refractivity contribution in [2.45, 2.75) is 51.1 Å². The minimum Gasteiger partial charge on any atom is -0.379 e. The maximum Gasteiger partial charge on any atom is 0.137 e. The van der Waals surface area contributed by atoms with Crippen molar-refractivity contribution in [3.05, 3.63) is 65.4 Å². The van der Waals surface area contributed by atoms with Crippen LogP contribution in [0, 0.1) is 6.92 Å². The van der Waals surface area contributed by atoms with Gasteiger partial charge in [0.15, 0.2) is 0 Å². The number of piperidine rings is 1. The van der Waals surface area contributed by atoms with Crippen LogP contribution < -0.4 is 0 Å². The highest BCUT2D eigenvalue weighted by Crippen LogP contribution is 2.41. The highest BCUT2D eigenvalue weighted by atomic mass is 16.5. The van der Waals surface area contributed by atoms with Crippen molar-refractivity contribution in [3.63, 3.8) is 0 Å². The molecule has 0 radical (unpaired) electrons. The molecule has 5 heterocycles. The van der Waals surface area contributed by atoms with E-state index in [4.69, 9.17) is 14.7 Å². The Labute approximate surface area is 191 Å². The van der Waals surface area contributed by atoms with E-state index < -0.39 is 0 Å². The molecule has 2 saturated heterocycles. The monoisotopic (exact) mass is 433 g/mol. The second-order valence-corrected chi connectivity index (χ2v) is 9.26. The van der Waals surface area contributed by atoms with Crippen LogP contribution in [-0.2, 0) is 11.2 Å². The van der Waals surface area contributed by atoms with Crippen molar-refractivity contribution in [3.8, 4) is 0 Å². The SMILES string of the molecule is Cc1cccnc1C1CCCC(c2nc3ccccn3c2CCCN2CCOCC2)N1C. The van der Waals surface area contributed by atoms with Gasteiger partial charge in [-0.3, -0.25) is 14.8 Å². The van der Waals surface area contributed by atoms with Crippen molar-refractivity contribution in [2.75, 3.05) is 39.9 Å². The third-order valence-corrected chi connectivity index (χ3v) is 7.27. The van der Waals surface area contributed by atoms with E-state index in [0.29, 0.717) is 12.1 Å². The minimum atomic E-state index is 0.327. The average Bonchev–Trinajstić information content (AvgIpc) is 3.19. The molecule has 2 unspecified atom stereocenters. The van der Waals surface area contributed by atoms with E-state index in [0.717, 1.165) is 64.2 Å². The average molecular weight is 434 g/mol. The van der Waals surface area contributed by atoms with Gasteiger partial charge in [-0.05, 0) is 76.4 Å². The Bertz CT molecular complexity index is 1040. The van der Waals surface area contributed by atoms with E-state index in [9.17, 15) is 0 Å². The molecule has 3 aromatic heterocycles. The molecule has 0 saturated carbocycles. The lowest BCUT2D eigenvalue weighted by atomic mass is 9.90. The van der Waals surface area contributed by atoms with Crippen LogP contribution in [0.25, 0.3) is 5.65 Å². The van der Waals surface area contributed by atoms with E-state index in [1.165, 1.54) is 29.1 Å². The zero-order valence-corrected chi connectivity index (χ0v) is 19.4. The molecular formula is C26H35N5O. The Morgan fingerprint density at radius 1 is 1.03 bits per heavy atom. The third-order valence-electron chi connectivity index (χ3n) is 7.27. The van der Waals surface area contributed by atoms with Gasteiger partial charge >= 0.3 is 0 Å². The second kappa shape index (κ2) is 9.69. The molecule has 0 amide bonds. The Kier molecular flexibility index (Phi) is 6.53. The summed E-state index contributed by atoms with van der Waals surface area (Å²) in [5, 5.41) is 0. The number of aromatic nitrogens is 3. The van der Waals surface area contributed by atoms with Crippen molar-refractivity contribution < 1.29 is 4.74 Å². The van der Waals surface area contributed by atoms with Crippen LogP contribution in [0.4, 0.5) is 0 Å². The Morgan fingerprint density at radius 3 is 2.66 bits per heavy atom. The van der Waals surface area contributed by atoms with Crippen LogP contribution >= 0.6 is 0 Å². The van der Waals surface area contributed by atoms with E-state index in [1.54, 1.807) is 0 Å². The smallest absolute Gasteiger partial charge is 0.137 e. The number of rotatable bonds is 6. The van der Waals surface area contributed by atoms with Crippen molar-refractivity contribution in [2.24, 2.45) is 0 Å². The maximum absolute atomic E-state index is 5.51. The first-order valence-electron chi connectivity index (χ1n) is 12.1. The summed E-state index contributed by atoms with van der Waals surface area (Å²) in [7, 11) is 2.27. The summed E-state index contributed by atoms with van der Waals surface area (Å²) < 4.78 is 7.83. The van der Waals surface area contributed by atoms with E-state index >= 15 is 0 Å². The predicted molar refractivity (Wildman–Crippen MR) is 127 cm³/mol. The quantitative estimate of drug-likeness (QED) is 0.583. The summed E-state index contributed by atoms with van der Waals surface area (Å²) in [5.74, 6) is 0. The first kappa shape index (κ1) is 21.6. The van der Waals surface area contributed by atoms with Crippen LogP contribution in [0.2, 0.25) is 0 Å². The molecule has 0 bridgehead atoms. The summed E-state index contributed by atoms with van der Waals surface area (Å²) in [4.78, 5) is 15.0. The van der Waals surface area contributed by atoms with E-state index in [2.05, 4.69) is 58.6 Å². The fraction of sp³-hybridized carbons (Fsp3) is 0.538. The van der Waals surface area contributed by atoms with Gasteiger partial charge in [0.1, 0.15) is 5.65 Å². The first-order chi connectivity index (χ1) is 15.7. The molecule has 0 N–H and O–H groups in total. The number of aryl methyl sites for hydroxylation is 2. The van der Waals surface area contributed by atoms with Crippen molar-refractivity contribution in [1.82, 2.24) is 24.2 Å². The van der Waals surface area contributed by atoms with Gasteiger partial charge in [0.05, 0.1) is 36.7 Å². The Morgan fingerprint density at radius 2 is 1.84 bits per heavy atom. The molecule has 2 aliphatic rings. The predicted octanol–water partition coefficient (Wildman–Crippen LogP) is 4.20. The number of imidazole rings is 1. The van der Waals surface area contributed by atoms with Crippen LogP contribution in [0.3, 0.4) is 0 Å². The van der Waals surface area contributed by atoms with Gasteiger partial charge in [0, 0.05) is 31.2 Å². The number of nitrogens with zero attached hydrogens (tertiary/aromatic N) is 5. The first-order valence-corrected chi connectivity index (χ1v) is 12.1. The number of hydrogen-bond donors (Lipinski definition) is 0. The molecule has 6 heteroatoms. The van der Waals surface area contributed by atoms with Gasteiger partial charge in [-0.1, -0.05) is 12.1 Å². The van der Waals surface area contributed by atoms with Crippen molar-refractivity contribution in [1.29, 1.82) is 0 Å². The van der Waals surface area contributed by atoms with E-state index in [1.807, 2.05) is 12.3 Å². The normalized spacial score (nSPS) is 23.1. The molecular weight excluding hydrogens is 398 g/mol. The standard InChI is InChI=1S/C26H35N5O/c1-20-8-6-13-27-25(20)21-9-5-10-22(29(21)2)26-23(31-15-4-3-12-24(31)28-26)11-7-14-30-16-18-32-19-17-30/h3-4,6,8,12-13,15,21-22H,5,7,9-11,14,16-19H2,1-2H3. The molecule has 170 valence electrons. The second-order valence-electron chi connectivity index (χ2n) is 9.26. The van der Waals surface area contributed by atoms with Crippen LogP contribution in [0.1, 0.15) is 60.4 Å². The highest BCUT2D eigenvalue weighted by Gasteiger charge is 2.34. The molecule has 2 aliphatic heterocycles. The molecule has 6 nitrogen and oxygen atoms in total. The molecule has 32 heavy (non-hydrogen) atoms. The molecule has 2 atom stereocenters. The Balaban J connectivity index is 1.41. The zero-order valence-electron chi connectivity index (χ0n) is 19.4. The molecule has 5 rings (SSSR count). The maximum atomic E-state index is 5.51. The lowest BCUT2D eigenvalue weighted by molar-refractivity contribution is 0.0374. The summed E-state index contributed by atoms with van der Waals surface area (Å²) in [5.41, 5.74) is 6.21. The molecule has 2 fully saturated rings. The minimum absolute atomic E-state index is 0.327. The van der Waals surface area contributed by atoms with Gasteiger partial charge in [-0.2, -0.15) is 0 Å². The number of pyridine rings is 2. The van der Waals surface area contributed by atoms with Crippen LogP contribution in [0.5, 0.6) is 0 Å². The number of hydrogen-bond acceptors (Lipinski definition) is 5. The molecule has 0 aliphatic carbocycles.